The molecular formula is C14H23N3S. The number of imidazole rings is 1. The Labute approximate surface area is 114 Å². The van der Waals surface area contributed by atoms with Crippen LogP contribution in [0.15, 0.2) is 12.5 Å². The minimum Gasteiger partial charge on any atom is -0.329 e. The molecule has 2 aliphatic rings. The lowest BCUT2D eigenvalue weighted by molar-refractivity contribution is 0.350. The molecule has 1 aromatic rings. The van der Waals surface area contributed by atoms with Gasteiger partial charge in [0.2, 0.25) is 0 Å². The lowest BCUT2D eigenvalue weighted by Crippen LogP contribution is -2.28. The molecule has 3 atom stereocenters. The van der Waals surface area contributed by atoms with E-state index in [2.05, 4.69) is 33.6 Å². The topological polar surface area (TPSA) is 29.9 Å². The van der Waals surface area contributed by atoms with Gasteiger partial charge in [0, 0.05) is 23.5 Å². The highest BCUT2D eigenvalue weighted by atomic mass is 32.2. The Hall–Kier alpha value is -0.480. The summed E-state index contributed by atoms with van der Waals surface area (Å²) in [5.41, 5.74) is 1.42. The van der Waals surface area contributed by atoms with E-state index in [1.54, 1.807) is 0 Å². The molecule has 0 spiro atoms. The van der Waals surface area contributed by atoms with Crippen molar-refractivity contribution in [2.75, 3.05) is 12.8 Å². The van der Waals surface area contributed by atoms with Gasteiger partial charge < -0.3 is 9.88 Å². The van der Waals surface area contributed by atoms with Gasteiger partial charge in [-0.15, -0.1) is 0 Å². The van der Waals surface area contributed by atoms with Crippen LogP contribution in [-0.2, 0) is 0 Å². The van der Waals surface area contributed by atoms with Gasteiger partial charge in [-0.3, -0.25) is 0 Å². The van der Waals surface area contributed by atoms with E-state index in [0.717, 1.165) is 11.8 Å². The summed E-state index contributed by atoms with van der Waals surface area (Å²) in [5, 5.41) is 4.38. The van der Waals surface area contributed by atoms with E-state index in [9.17, 15) is 0 Å². The second kappa shape index (κ2) is 5.66. The van der Waals surface area contributed by atoms with E-state index in [0.29, 0.717) is 12.1 Å². The number of nitrogens with one attached hydrogen (secondary N) is 1. The summed E-state index contributed by atoms with van der Waals surface area (Å²) in [4.78, 5) is 4.42. The van der Waals surface area contributed by atoms with Gasteiger partial charge in [-0.25, -0.2) is 4.98 Å². The first kappa shape index (κ1) is 12.5. The predicted molar refractivity (Wildman–Crippen MR) is 77.0 cm³/mol. The van der Waals surface area contributed by atoms with Crippen molar-refractivity contribution in [2.45, 2.75) is 55.9 Å². The molecular weight excluding hydrogens is 242 g/mol. The number of nitrogens with zero attached hydrogens (tertiary/aromatic N) is 2. The van der Waals surface area contributed by atoms with Gasteiger partial charge in [0.05, 0.1) is 12.0 Å². The summed E-state index contributed by atoms with van der Waals surface area (Å²) < 4.78 is 2.48. The van der Waals surface area contributed by atoms with Crippen molar-refractivity contribution in [2.24, 2.45) is 0 Å². The van der Waals surface area contributed by atoms with Gasteiger partial charge >= 0.3 is 0 Å². The zero-order chi connectivity index (χ0) is 12.4. The van der Waals surface area contributed by atoms with Crippen molar-refractivity contribution in [3.63, 3.8) is 0 Å². The summed E-state index contributed by atoms with van der Waals surface area (Å²) in [6.45, 7) is 1.16. The van der Waals surface area contributed by atoms with Crippen LogP contribution in [0.2, 0.25) is 0 Å². The molecule has 0 amide bonds. The Bertz CT molecular complexity index is 384. The summed E-state index contributed by atoms with van der Waals surface area (Å²) in [6, 6.07) is 1.20. The summed E-state index contributed by atoms with van der Waals surface area (Å²) in [5.74, 6) is 0. The van der Waals surface area contributed by atoms with Gasteiger partial charge in [0.25, 0.3) is 0 Å². The van der Waals surface area contributed by atoms with Crippen LogP contribution >= 0.6 is 11.8 Å². The molecule has 1 aliphatic carbocycles. The molecule has 100 valence electrons. The van der Waals surface area contributed by atoms with E-state index < -0.39 is 0 Å². The van der Waals surface area contributed by atoms with Gasteiger partial charge in [-0.05, 0) is 38.5 Å². The molecule has 0 radical (unpaired) electrons. The van der Waals surface area contributed by atoms with Crippen LogP contribution in [0.4, 0.5) is 0 Å². The first-order valence-corrected chi connectivity index (χ1v) is 8.47. The SMILES string of the molecule is CSC1CCCCC1n1cncc1C1CCCN1. The van der Waals surface area contributed by atoms with E-state index in [-0.39, 0.29) is 0 Å². The van der Waals surface area contributed by atoms with Crippen molar-refractivity contribution >= 4 is 11.8 Å². The lowest BCUT2D eigenvalue weighted by Gasteiger charge is -2.33. The minimum absolute atomic E-state index is 0.539. The molecule has 4 heteroatoms. The Morgan fingerprint density at radius 1 is 1.28 bits per heavy atom. The molecule has 3 unspecified atom stereocenters. The standard InChI is InChI=1S/C14H23N3S/c1-18-14-7-3-2-6-12(14)17-10-15-9-13(17)11-5-4-8-16-11/h9-12,14,16H,2-8H2,1H3. The maximum atomic E-state index is 4.42. The monoisotopic (exact) mass is 265 g/mol. The highest BCUT2D eigenvalue weighted by Crippen LogP contribution is 2.37. The van der Waals surface area contributed by atoms with Gasteiger partial charge in [0.15, 0.2) is 0 Å². The normalized spacial score (nSPS) is 32.8. The summed E-state index contributed by atoms with van der Waals surface area (Å²) in [7, 11) is 0. The number of aromatic nitrogens is 2. The largest absolute Gasteiger partial charge is 0.329 e. The smallest absolute Gasteiger partial charge is 0.0951 e. The zero-order valence-corrected chi connectivity index (χ0v) is 12.0. The van der Waals surface area contributed by atoms with Crippen LogP contribution in [0.3, 0.4) is 0 Å². The maximum Gasteiger partial charge on any atom is 0.0951 e. The first-order chi connectivity index (χ1) is 8.90. The molecule has 1 aromatic heterocycles. The van der Waals surface area contributed by atoms with E-state index in [4.69, 9.17) is 0 Å². The zero-order valence-electron chi connectivity index (χ0n) is 11.1. The molecule has 18 heavy (non-hydrogen) atoms. The second-order valence-corrected chi connectivity index (χ2v) is 6.58. The van der Waals surface area contributed by atoms with Crippen molar-refractivity contribution in [1.82, 2.24) is 14.9 Å². The first-order valence-electron chi connectivity index (χ1n) is 7.18. The Balaban J connectivity index is 1.84. The Morgan fingerprint density at radius 2 is 2.17 bits per heavy atom. The molecule has 3 nitrogen and oxygen atoms in total. The molecule has 2 heterocycles. The third kappa shape index (κ3) is 2.32. The Morgan fingerprint density at radius 3 is 2.94 bits per heavy atom. The molecule has 1 saturated carbocycles. The fraction of sp³-hybridized carbons (Fsp3) is 0.786. The number of thioether (sulfide) groups is 1. The van der Waals surface area contributed by atoms with Crippen molar-refractivity contribution in [1.29, 1.82) is 0 Å². The van der Waals surface area contributed by atoms with Crippen molar-refractivity contribution in [3.8, 4) is 0 Å². The van der Waals surface area contributed by atoms with Crippen molar-refractivity contribution < 1.29 is 0 Å². The third-order valence-electron chi connectivity index (χ3n) is 4.44. The van der Waals surface area contributed by atoms with Crippen molar-refractivity contribution in [3.05, 3.63) is 18.2 Å². The molecule has 0 aromatic carbocycles. The molecule has 1 aliphatic heterocycles. The molecule has 1 N–H and O–H groups in total. The van der Waals surface area contributed by atoms with Crippen LogP contribution in [0, 0.1) is 0 Å². The molecule has 0 bridgehead atoms. The maximum absolute atomic E-state index is 4.42. The molecule has 3 rings (SSSR count). The van der Waals surface area contributed by atoms with Crippen LogP contribution in [0.25, 0.3) is 0 Å². The highest BCUT2D eigenvalue weighted by molar-refractivity contribution is 7.99. The molecule has 1 saturated heterocycles. The number of rotatable bonds is 3. The fourth-order valence-corrected chi connectivity index (χ4v) is 4.45. The van der Waals surface area contributed by atoms with Crippen LogP contribution < -0.4 is 5.32 Å². The lowest BCUT2D eigenvalue weighted by atomic mass is 9.94. The van der Waals surface area contributed by atoms with E-state index in [1.807, 2.05) is 11.8 Å². The number of hydrogen-bond acceptors (Lipinski definition) is 3. The van der Waals surface area contributed by atoms with Gasteiger partial charge in [0.1, 0.15) is 0 Å². The quantitative estimate of drug-likeness (QED) is 0.910. The third-order valence-corrected chi connectivity index (χ3v) is 5.60. The van der Waals surface area contributed by atoms with E-state index in [1.165, 1.54) is 44.2 Å². The average Bonchev–Trinajstić information content (AvgIpc) is 3.09. The van der Waals surface area contributed by atoms with E-state index >= 15 is 0 Å². The number of hydrogen-bond donors (Lipinski definition) is 1. The fourth-order valence-electron chi connectivity index (χ4n) is 3.47. The summed E-state index contributed by atoms with van der Waals surface area (Å²) >= 11 is 2.03. The van der Waals surface area contributed by atoms with Crippen LogP contribution in [0.5, 0.6) is 0 Å². The predicted octanol–water partition coefficient (Wildman–Crippen LogP) is 3.15. The Kier molecular flexibility index (Phi) is 3.94. The minimum atomic E-state index is 0.539. The van der Waals surface area contributed by atoms with Crippen LogP contribution in [0.1, 0.15) is 56.3 Å². The summed E-state index contributed by atoms with van der Waals surface area (Å²) in [6.07, 6.45) is 14.4. The van der Waals surface area contributed by atoms with Gasteiger partial charge in [-0.1, -0.05) is 12.8 Å². The highest BCUT2D eigenvalue weighted by Gasteiger charge is 2.29. The average molecular weight is 265 g/mol. The molecule has 2 fully saturated rings. The van der Waals surface area contributed by atoms with Gasteiger partial charge in [-0.2, -0.15) is 11.8 Å². The van der Waals surface area contributed by atoms with Crippen LogP contribution in [-0.4, -0.2) is 27.6 Å². The second-order valence-electron chi connectivity index (χ2n) is 5.50.